The predicted octanol–water partition coefficient (Wildman–Crippen LogP) is 3.81. The minimum absolute atomic E-state index is 0.175. The molecule has 0 aromatic heterocycles. The molecule has 2 nitrogen and oxygen atoms in total. The maximum absolute atomic E-state index is 6.13. The molecule has 0 spiro atoms. The van der Waals surface area contributed by atoms with Gasteiger partial charge < -0.3 is 10.1 Å². The summed E-state index contributed by atoms with van der Waals surface area (Å²) in [6.07, 6.45) is 1.57. The van der Waals surface area contributed by atoms with Crippen LogP contribution < -0.4 is 5.32 Å². The molecule has 0 aliphatic carbocycles. The molecule has 1 N–H and O–H groups in total. The highest BCUT2D eigenvalue weighted by atomic mass is 16.5. The first-order valence-corrected chi connectivity index (χ1v) is 7.35. The van der Waals surface area contributed by atoms with Crippen LogP contribution in [0.3, 0.4) is 0 Å². The molecule has 3 unspecified atom stereocenters. The van der Waals surface area contributed by atoms with Crippen molar-refractivity contribution >= 4 is 0 Å². The van der Waals surface area contributed by atoms with E-state index in [2.05, 4.69) is 64.2 Å². The molecule has 1 fully saturated rings. The lowest BCUT2D eigenvalue weighted by molar-refractivity contribution is 0.00717. The van der Waals surface area contributed by atoms with Gasteiger partial charge >= 0.3 is 0 Å². The van der Waals surface area contributed by atoms with E-state index < -0.39 is 0 Å². The van der Waals surface area contributed by atoms with Gasteiger partial charge in [-0.3, -0.25) is 0 Å². The molecule has 2 heteroatoms. The third kappa shape index (κ3) is 3.80. The second-order valence-electron chi connectivity index (χ2n) is 6.85. The normalized spacial score (nSPS) is 29.0. The van der Waals surface area contributed by atoms with Crippen molar-refractivity contribution in [1.82, 2.24) is 5.32 Å². The standard InChI is InChI=1S/C17H27NO/c1-12-10-13(2)19-16(11-18-12)14-6-8-15(9-7-14)17(3,4)5/h6-9,12-13,16,18H,10-11H2,1-5H3. The SMILES string of the molecule is CC1CC(C)OC(c2ccc(C(C)(C)C)cc2)CN1. The summed E-state index contributed by atoms with van der Waals surface area (Å²) in [6, 6.07) is 9.44. The highest BCUT2D eigenvalue weighted by Gasteiger charge is 2.22. The molecule has 2 rings (SSSR count). The Labute approximate surface area is 117 Å². The third-order valence-electron chi connectivity index (χ3n) is 3.88. The van der Waals surface area contributed by atoms with E-state index in [1.807, 2.05) is 0 Å². The Morgan fingerprint density at radius 2 is 1.74 bits per heavy atom. The molecule has 106 valence electrons. The van der Waals surface area contributed by atoms with Gasteiger partial charge in [0, 0.05) is 12.6 Å². The lowest BCUT2D eigenvalue weighted by atomic mass is 9.86. The Bertz CT molecular complexity index is 404. The van der Waals surface area contributed by atoms with Gasteiger partial charge in [0.05, 0.1) is 12.2 Å². The van der Waals surface area contributed by atoms with Gasteiger partial charge in [-0.1, -0.05) is 45.0 Å². The second-order valence-corrected chi connectivity index (χ2v) is 6.85. The van der Waals surface area contributed by atoms with Crippen LogP contribution in [0, 0.1) is 0 Å². The maximum atomic E-state index is 6.13. The van der Waals surface area contributed by atoms with Crippen LogP contribution in [0.5, 0.6) is 0 Å². The number of rotatable bonds is 1. The Morgan fingerprint density at radius 3 is 2.32 bits per heavy atom. The molecule has 1 aromatic carbocycles. The number of benzene rings is 1. The summed E-state index contributed by atoms with van der Waals surface area (Å²) in [5.74, 6) is 0. The maximum Gasteiger partial charge on any atom is 0.0952 e. The first kappa shape index (κ1) is 14.5. The molecule has 1 aromatic rings. The molecule has 0 saturated carbocycles. The highest BCUT2D eigenvalue weighted by Crippen LogP contribution is 2.27. The largest absolute Gasteiger partial charge is 0.369 e. The monoisotopic (exact) mass is 261 g/mol. The fourth-order valence-electron chi connectivity index (χ4n) is 2.67. The molecule has 0 bridgehead atoms. The van der Waals surface area contributed by atoms with E-state index in [0.29, 0.717) is 12.1 Å². The lowest BCUT2D eigenvalue weighted by Gasteiger charge is -2.22. The van der Waals surface area contributed by atoms with Crippen molar-refractivity contribution in [1.29, 1.82) is 0 Å². The Balaban J connectivity index is 2.13. The summed E-state index contributed by atoms with van der Waals surface area (Å²) in [4.78, 5) is 0. The molecule has 19 heavy (non-hydrogen) atoms. The van der Waals surface area contributed by atoms with Gasteiger partial charge in [0.2, 0.25) is 0 Å². The Kier molecular flexibility index (Phi) is 4.32. The zero-order chi connectivity index (χ0) is 14.0. The van der Waals surface area contributed by atoms with Gasteiger partial charge in [0.1, 0.15) is 0 Å². The zero-order valence-corrected chi connectivity index (χ0v) is 12.9. The molecule has 3 atom stereocenters. The van der Waals surface area contributed by atoms with Crippen LogP contribution in [0.2, 0.25) is 0 Å². The summed E-state index contributed by atoms with van der Waals surface area (Å²) >= 11 is 0. The minimum atomic E-state index is 0.175. The van der Waals surface area contributed by atoms with E-state index >= 15 is 0 Å². The van der Waals surface area contributed by atoms with E-state index in [9.17, 15) is 0 Å². The fourth-order valence-corrected chi connectivity index (χ4v) is 2.67. The van der Waals surface area contributed by atoms with Crippen molar-refractivity contribution in [2.75, 3.05) is 6.54 Å². The van der Waals surface area contributed by atoms with Crippen molar-refractivity contribution in [2.24, 2.45) is 0 Å². The van der Waals surface area contributed by atoms with Crippen molar-refractivity contribution < 1.29 is 4.74 Å². The van der Waals surface area contributed by atoms with E-state index in [-0.39, 0.29) is 11.5 Å². The predicted molar refractivity (Wildman–Crippen MR) is 80.5 cm³/mol. The number of hydrogen-bond acceptors (Lipinski definition) is 2. The van der Waals surface area contributed by atoms with Crippen molar-refractivity contribution in [3.63, 3.8) is 0 Å². The minimum Gasteiger partial charge on any atom is -0.369 e. The average molecular weight is 261 g/mol. The number of hydrogen-bond donors (Lipinski definition) is 1. The lowest BCUT2D eigenvalue weighted by Crippen LogP contribution is -2.27. The summed E-state index contributed by atoms with van der Waals surface area (Å²) in [5.41, 5.74) is 2.86. The third-order valence-corrected chi connectivity index (χ3v) is 3.88. The second kappa shape index (κ2) is 5.64. The van der Waals surface area contributed by atoms with Crippen molar-refractivity contribution in [2.45, 2.75) is 64.7 Å². The number of ether oxygens (including phenoxy) is 1. The molecule has 0 amide bonds. The van der Waals surface area contributed by atoms with Crippen molar-refractivity contribution in [3.8, 4) is 0 Å². The molecule has 1 aliphatic heterocycles. The first-order chi connectivity index (χ1) is 8.86. The molecule has 0 radical (unpaired) electrons. The van der Waals surface area contributed by atoms with Gasteiger partial charge in [-0.15, -0.1) is 0 Å². The summed E-state index contributed by atoms with van der Waals surface area (Å²) in [7, 11) is 0. The summed E-state index contributed by atoms with van der Waals surface area (Å²) in [5, 5.41) is 3.54. The average Bonchev–Trinajstić information content (AvgIpc) is 2.49. The number of nitrogens with one attached hydrogen (secondary N) is 1. The van der Waals surface area contributed by atoms with E-state index in [4.69, 9.17) is 4.74 Å². The smallest absolute Gasteiger partial charge is 0.0952 e. The van der Waals surface area contributed by atoms with E-state index in [0.717, 1.165) is 13.0 Å². The molecule has 1 aliphatic rings. The van der Waals surface area contributed by atoms with Gasteiger partial charge in [-0.25, -0.2) is 0 Å². The van der Waals surface area contributed by atoms with Crippen LogP contribution in [-0.4, -0.2) is 18.7 Å². The quantitative estimate of drug-likeness (QED) is 0.830. The molecular formula is C17H27NO. The highest BCUT2D eigenvalue weighted by molar-refractivity contribution is 5.29. The molecular weight excluding hydrogens is 234 g/mol. The van der Waals surface area contributed by atoms with Gasteiger partial charge in [0.25, 0.3) is 0 Å². The first-order valence-electron chi connectivity index (χ1n) is 7.35. The van der Waals surface area contributed by atoms with Crippen LogP contribution in [-0.2, 0) is 10.2 Å². The van der Waals surface area contributed by atoms with Crippen LogP contribution in [0.15, 0.2) is 24.3 Å². The zero-order valence-electron chi connectivity index (χ0n) is 12.9. The summed E-state index contributed by atoms with van der Waals surface area (Å²) < 4.78 is 6.13. The van der Waals surface area contributed by atoms with Crippen LogP contribution in [0.4, 0.5) is 0 Å². The Morgan fingerprint density at radius 1 is 1.11 bits per heavy atom. The topological polar surface area (TPSA) is 21.3 Å². The fraction of sp³-hybridized carbons (Fsp3) is 0.647. The molecule has 1 saturated heterocycles. The van der Waals surface area contributed by atoms with Crippen LogP contribution >= 0.6 is 0 Å². The van der Waals surface area contributed by atoms with Gasteiger partial charge in [0.15, 0.2) is 0 Å². The van der Waals surface area contributed by atoms with Crippen LogP contribution in [0.25, 0.3) is 0 Å². The molecule has 1 heterocycles. The van der Waals surface area contributed by atoms with Crippen LogP contribution in [0.1, 0.15) is 58.3 Å². The van der Waals surface area contributed by atoms with Crippen molar-refractivity contribution in [3.05, 3.63) is 35.4 Å². The van der Waals surface area contributed by atoms with E-state index in [1.54, 1.807) is 0 Å². The van der Waals surface area contributed by atoms with E-state index in [1.165, 1.54) is 11.1 Å². The van der Waals surface area contributed by atoms with Gasteiger partial charge in [-0.05, 0) is 36.8 Å². The summed E-state index contributed by atoms with van der Waals surface area (Å²) in [6.45, 7) is 12.0. The van der Waals surface area contributed by atoms with Gasteiger partial charge in [-0.2, -0.15) is 0 Å². The Hall–Kier alpha value is -0.860.